The molecule has 0 saturated carbocycles. The number of urea groups is 1. The van der Waals surface area contributed by atoms with Crippen LogP contribution in [0.15, 0.2) is 60.7 Å². The van der Waals surface area contributed by atoms with Crippen LogP contribution in [0.1, 0.15) is 23.1 Å². The van der Waals surface area contributed by atoms with Crippen molar-refractivity contribution in [2.75, 3.05) is 31.3 Å². The molecule has 0 aliphatic heterocycles. The molecule has 6 nitrogen and oxygen atoms in total. The number of para-hydroxylation sites is 1. The quantitative estimate of drug-likeness (QED) is 0.438. The van der Waals surface area contributed by atoms with Crippen LogP contribution in [-0.4, -0.2) is 31.6 Å². The van der Waals surface area contributed by atoms with Gasteiger partial charge >= 0.3 is 6.03 Å². The van der Waals surface area contributed by atoms with Crippen molar-refractivity contribution in [3.63, 3.8) is 0 Å². The zero-order chi connectivity index (χ0) is 24.1. The van der Waals surface area contributed by atoms with Gasteiger partial charge in [0.15, 0.2) is 0 Å². The number of hydrogen-bond acceptors (Lipinski definition) is 4. The summed E-state index contributed by atoms with van der Waals surface area (Å²) in [7, 11) is 4.21. The minimum Gasteiger partial charge on any atom is -0.456 e. The monoisotopic (exact) mass is 474 g/mol. The first-order valence-electron chi connectivity index (χ1n) is 11.2. The maximum atomic E-state index is 12.7. The first kappa shape index (κ1) is 23.6. The van der Waals surface area contributed by atoms with Gasteiger partial charge in [0.1, 0.15) is 22.6 Å². The molecule has 3 aromatic carbocycles. The number of halogens is 1. The molecule has 0 radical (unpaired) electrons. The van der Waals surface area contributed by atoms with Crippen LogP contribution < -0.4 is 15.4 Å². The number of rotatable bonds is 6. The molecular weight excluding hydrogens is 448 g/mol. The lowest BCUT2D eigenvalue weighted by molar-refractivity contribution is 0.262. The molecule has 0 aromatic heterocycles. The molecule has 4 rings (SSSR count). The van der Waals surface area contributed by atoms with Gasteiger partial charge < -0.3 is 20.3 Å². The molecule has 1 aliphatic rings. The molecule has 2 N–H and O–H groups in total. The first-order chi connectivity index (χ1) is 16.4. The minimum absolute atomic E-state index is 0.141. The third-order valence-corrected chi connectivity index (χ3v) is 6.23. The van der Waals surface area contributed by atoms with Gasteiger partial charge in [-0.15, -0.1) is 0 Å². The smallest absolute Gasteiger partial charge is 0.323 e. The molecule has 7 heteroatoms. The number of anilines is 2. The van der Waals surface area contributed by atoms with Gasteiger partial charge in [0.2, 0.25) is 0 Å². The lowest BCUT2D eigenvalue weighted by Crippen LogP contribution is -2.26. The molecule has 1 atom stereocenters. The van der Waals surface area contributed by atoms with E-state index in [0.29, 0.717) is 23.1 Å². The van der Waals surface area contributed by atoms with Gasteiger partial charge in [0, 0.05) is 12.2 Å². The number of carbonyl (C=O) groups excluding carboxylic acids is 1. The van der Waals surface area contributed by atoms with Crippen LogP contribution >= 0.6 is 11.6 Å². The average molecular weight is 475 g/mol. The van der Waals surface area contributed by atoms with E-state index in [2.05, 4.69) is 41.8 Å². The Morgan fingerprint density at radius 3 is 2.65 bits per heavy atom. The molecule has 0 saturated heterocycles. The van der Waals surface area contributed by atoms with Crippen molar-refractivity contribution in [2.45, 2.75) is 19.3 Å². The predicted molar refractivity (Wildman–Crippen MR) is 136 cm³/mol. The Morgan fingerprint density at radius 1 is 1.12 bits per heavy atom. The number of aryl methyl sites for hydroxylation is 1. The highest BCUT2D eigenvalue weighted by Crippen LogP contribution is 2.36. The third kappa shape index (κ3) is 5.69. The lowest BCUT2D eigenvalue weighted by atomic mass is 9.83. The Morgan fingerprint density at radius 2 is 1.91 bits per heavy atom. The van der Waals surface area contributed by atoms with E-state index in [9.17, 15) is 10.1 Å². The van der Waals surface area contributed by atoms with E-state index in [1.54, 1.807) is 24.3 Å². The Balaban J connectivity index is 1.43. The summed E-state index contributed by atoms with van der Waals surface area (Å²) in [5, 5.41) is 15.4. The zero-order valence-electron chi connectivity index (χ0n) is 19.3. The average Bonchev–Trinajstić information content (AvgIpc) is 2.81. The molecule has 174 valence electrons. The molecule has 2 amide bonds. The number of nitrogens with one attached hydrogen (secondary N) is 2. The number of nitriles is 1. The topological polar surface area (TPSA) is 77.4 Å². The molecule has 0 fully saturated rings. The number of benzene rings is 3. The largest absolute Gasteiger partial charge is 0.456 e. The van der Waals surface area contributed by atoms with Crippen LogP contribution in [0.4, 0.5) is 16.2 Å². The zero-order valence-corrected chi connectivity index (χ0v) is 20.0. The Hall–Kier alpha value is -3.53. The van der Waals surface area contributed by atoms with Crippen molar-refractivity contribution in [3.05, 3.63) is 82.4 Å². The van der Waals surface area contributed by atoms with Crippen molar-refractivity contribution >= 4 is 29.0 Å². The van der Waals surface area contributed by atoms with Crippen LogP contribution in [0.2, 0.25) is 5.02 Å². The lowest BCUT2D eigenvalue weighted by Gasteiger charge is -2.27. The van der Waals surface area contributed by atoms with Crippen LogP contribution in [0.5, 0.6) is 11.5 Å². The highest BCUT2D eigenvalue weighted by atomic mass is 35.5. The number of fused-ring (bicyclic) bond motifs is 1. The number of nitrogens with zero attached hydrogens (tertiary/aromatic N) is 2. The maximum absolute atomic E-state index is 12.7. The van der Waals surface area contributed by atoms with Gasteiger partial charge in [-0.1, -0.05) is 35.9 Å². The molecule has 0 heterocycles. The molecule has 0 spiro atoms. The number of amides is 2. The Bertz CT molecular complexity index is 1220. The van der Waals surface area contributed by atoms with E-state index < -0.39 is 6.03 Å². The number of ether oxygens (including phenoxy) is 1. The highest BCUT2D eigenvalue weighted by Gasteiger charge is 2.20. The summed E-state index contributed by atoms with van der Waals surface area (Å²) in [6, 6.07) is 20.1. The fourth-order valence-electron chi connectivity index (χ4n) is 4.33. The van der Waals surface area contributed by atoms with E-state index in [0.717, 1.165) is 31.5 Å². The Kier molecular flexibility index (Phi) is 7.36. The second-order valence-corrected chi connectivity index (χ2v) is 9.14. The molecule has 34 heavy (non-hydrogen) atoms. The van der Waals surface area contributed by atoms with Gasteiger partial charge in [-0.3, -0.25) is 0 Å². The molecule has 3 aromatic rings. The third-order valence-electron chi connectivity index (χ3n) is 5.86. The van der Waals surface area contributed by atoms with Gasteiger partial charge in [-0.05, 0) is 86.8 Å². The number of hydrogen-bond donors (Lipinski definition) is 2. The fourth-order valence-corrected chi connectivity index (χ4v) is 4.58. The van der Waals surface area contributed by atoms with Gasteiger partial charge in [0.05, 0.1) is 11.3 Å². The molecule has 1 aliphatic carbocycles. The van der Waals surface area contributed by atoms with E-state index in [1.165, 1.54) is 11.1 Å². The van der Waals surface area contributed by atoms with Crippen molar-refractivity contribution < 1.29 is 9.53 Å². The van der Waals surface area contributed by atoms with Crippen molar-refractivity contribution in [3.8, 4) is 17.6 Å². The summed E-state index contributed by atoms with van der Waals surface area (Å²) >= 11 is 6.41. The predicted octanol–water partition coefficient (Wildman–Crippen LogP) is 6.31. The van der Waals surface area contributed by atoms with Gasteiger partial charge in [-0.25, -0.2) is 4.79 Å². The van der Waals surface area contributed by atoms with E-state index >= 15 is 0 Å². The standard InChI is InChI=1S/C27H27ClN4O2/c1-32(2)17-18-8-9-20-15-21(11-10-19(20)14-18)30-27(33)31-24-12-13-25(26(28)23(24)16-29)34-22-6-4-3-5-7-22/h3-7,10-13,15,18H,8-9,14,17H2,1-2H3,(H2,30,31,33). The van der Waals surface area contributed by atoms with E-state index in [1.807, 2.05) is 30.3 Å². The summed E-state index contributed by atoms with van der Waals surface area (Å²) in [5.41, 5.74) is 3.79. The second-order valence-electron chi connectivity index (χ2n) is 8.76. The maximum Gasteiger partial charge on any atom is 0.323 e. The molecule has 1 unspecified atom stereocenters. The van der Waals surface area contributed by atoms with Crippen LogP contribution in [-0.2, 0) is 12.8 Å². The Labute approximate surface area is 205 Å². The fraction of sp³-hybridized carbons (Fsp3) is 0.259. The van der Waals surface area contributed by atoms with Crippen LogP contribution in [0.3, 0.4) is 0 Å². The minimum atomic E-state index is -0.439. The van der Waals surface area contributed by atoms with Crippen LogP contribution in [0, 0.1) is 17.2 Å². The molecule has 0 bridgehead atoms. The summed E-state index contributed by atoms with van der Waals surface area (Å²) in [4.78, 5) is 14.9. The first-order valence-corrected chi connectivity index (χ1v) is 11.6. The SMILES string of the molecule is CN(C)CC1CCc2cc(NC(=O)Nc3ccc(Oc4ccccc4)c(Cl)c3C#N)ccc2C1. The summed E-state index contributed by atoms with van der Waals surface area (Å²) in [6.45, 7) is 1.08. The highest BCUT2D eigenvalue weighted by molar-refractivity contribution is 6.33. The summed E-state index contributed by atoms with van der Waals surface area (Å²) < 4.78 is 5.77. The van der Waals surface area contributed by atoms with Crippen molar-refractivity contribution in [1.29, 1.82) is 5.26 Å². The van der Waals surface area contributed by atoms with E-state index in [4.69, 9.17) is 16.3 Å². The van der Waals surface area contributed by atoms with Gasteiger partial charge in [-0.2, -0.15) is 5.26 Å². The van der Waals surface area contributed by atoms with E-state index in [-0.39, 0.29) is 10.6 Å². The normalized spacial score (nSPS) is 14.7. The summed E-state index contributed by atoms with van der Waals surface area (Å²) in [5.74, 6) is 1.61. The van der Waals surface area contributed by atoms with Crippen LogP contribution in [0.25, 0.3) is 0 Å². The second kappa shape index (κ2) is 10.6. The number of carbonyl (C=O) groups is 1. The van der Waals surface area contributed by atoms with Crippen molar-refractivity contribution in [2.24, 2.45) is 5.92 Å². The molecular formula is C27H27ClN4O2. The summed E-state index contributed by atoms with van der Waals surface area (Å²) in [6.07, 6.45) is 3.20. The van der Waals surface area contributed by atoms with Crippen molar-refractivity contribution in [1.82, 2.24) is 4.90 Å². The van der Waals surface area contributed by atoms with Gasteiger partial charge in [0.25, 0.3) is 0 Å².